The molecule has 19 heavy (non-hydrogen) atoms. The van der Waals surface area contributed by atoms with Crippen molar-refractivity contribution in [2.24, 2.45) is 0 Å². The highest BCUT2D eigenvalue weighted by Gasteiger charge is 2.10. The molecular weight excluding hydrogens is 291 g/mol. The van der Waals surface area contributed by atoms with Crippen molar-refractivity contribution in [1.82, 2.24) is 0 Å². The highest BCUT2D eigenvalue weighted by Crippen LogP contribution is 2.31. The van der Waals surface area contributed by atoms with Gasteiger partial charge in [0.1, 0.15) is 5.75 Å². The van der Waals surface area contributed by atoms with Crippen LogP contribution in [0.1, 0.15) is 16.8 Å². The summed E-state index contributed by atoms with van der Waals surface area (Å²) in [5.74, 6) is 0.359. The minimum atomic E-state index is 0.329. The summed E-state index contributed by atoms with van der Waals surface area (Å²) in [6.07, 6.45) is 1.36. The summed E-state index contributed by atoms with van der Waals surface area (Å²) in [6.45, 7) is 2.09. The number of aldehydes is 1. The van der Waals surface area contributed by atoms with Gasteiger partial charge < -0.3 is 14.2 Å². The average Bonchev–Trinajstić information content (AvgIpc) is 2.39. The van der Waals surface area contributed by atoms with Gasteiger partial charge in [-0.25, -0.2) is 0 Å². The molecule has 0 aromatic heterocycles. The van der Waals surface area contributed by atoms with Crippen molar-refractivity contribution in [3.8, 4) is 5.75 Å². The van der Waals surface area contributed by atoms with Crippen LogP contribution in [0, 0.1) is 0 Å². The molecule has 0 heterocycles. The lowest BCUT2D eigenvalue weighted by atomic mass is 10.2. The number of methoxy groups -OCH3 is 1. The summed E-state index contributed by atoms with van der Waals surface area (Å²) in [5, 5.41) is 0.734. The standard InChI is InChI=1S/C13H16Cl2O4/c1-17-5-6-18-3-2-4-19-13-10(9-16)7-11(14)8-12(13)15/h7-9H,2-6H2,1H3. The molecule has 0 radical (unpaired) electrons. The maximum Gasteiger partial charge on any atom is 0.153 e. The van der Waals surface area contributed by atoms with Gasteiger partial charge in [0.05, 0.1) is 30.4 Å². The predicted molar refractivity (Wildman–Crippen MR) is 74.7 cm³/mol. The molecule has 0 aliphatic rings. The molecule has 0 bridgehead atoms. The first-order valence-electron chi connectivity index (χ1n) is 5.82. The van der Waals surface area contributed by atoms with E-state index in [1.165, 1.54) is 6.07 Å². The topological polar surface area (TPSA) is 44.8 Å². The molecule has 0 saturated heterocycles. The third kappa shape index (κ3) is 5.78. The summed E-state index contributed by atoms with van der Waals surface area (Å²) < 4.78 is 15.6. The Balaban J connectivity index is 2.39. The Hall–Kier alpha value is -0.810. The molecule has 0 saturated carbocycles. The molecule has 1 aromatic rings. The zero-order chi connectivity index (χ0) is 14.1. The summed E-state index contributed by atoms with van der Waals surface area (Å²) in [4.78, 5) is 10.9. The van der Waals surface area contributed by atoms with Crippen molar-refractivity contribution >= 4 is 29.5 Å². The maximum atomic E-state index is 10.9. The Kier molecular flexibility index (Phi) is 7.82. The minimum Gasteiger partial charge on any atom is -0.491 e. The van der Waals surface area contributed by atoms with Gasteiger partial charge in [-0.1, -0.05) is 23.2 Å². The first kappa shape index (κ1) is 16.2. The van der Waals surface area contributed by atoms with Crippen molar-refractivity contribution in [2.75, 3.05) is 33.5 Å². The molecule has 6 heteroatoms. The van der Waals surface area contributed by atoms with E-state index >= 15 is 0 Å². The number of ether oxygens (including phenoxy) is 3. The summed E-state index contributed by atoms with van der Waals surface area (Å²) in [7, 11) is 1.62. The Bertz CT molecular complexity index is 410. The number of hydrogen-bond acceptors (Lipinski definition) is 4. The quantitative estimate of drug-likeness (QED) is 0.519. The Labute approximate surface area is 122 Å². The van der Waals surface area contributed by atoms with Crippen molar-refractivity contribution in [3.63, 3.8) is 0 Å². The third-order valence-electron chi connectivity index (χ3n) is 2.28. The van der Waals surface area contributed by atoms with Gasteiger partial charge in [0.15, 0.2) is 6.29 Å². The van der Waals surface area contributed by atoms with E-state index in [1.54, 1.807) is 13.2 Å². The summed E-state index contributed by atoms with van der Waals surface area (Å²) >= 11 is 11.8. The van der Waals surface area contributed by atoms with Crippen LogP contribution >= 0.6 is 23.2 Å². The highest BCUT2D eigenvalue weighted by atomic mass is 35.5. The molecule has 4 nitrogen and oxygen atoms in total. The van der Waals surface area contributed by atoms with Crippen LogP contribution in [0.4, 0.5) is 0 Å². The number of carbonyl (C=O) groups is 1. The molecular formula is C13H16Cl2O4. The first-order valence-corrected chi connectivity index (χ1v) is 6.58. The number of halogens is 2. The number of hydrogen-bond donors (Lipinski definition) is 0. The van der Waals surface area contributed by atoms with Crippen molar-refractivity contribution in [2.45, 2.75) is 6.42 Å². The van der Waals surface area contributed by atoms with Crippen LogP contribution < -0.4 is 4.74 Å². The molecule has 0 fully saturated rings. The number of carbonyl (C=O) groups excluding carboxylic acids is 1. The van der Waals surface area contributed by atoms with Gasteiger partial charge in [0, 0.05) is 25.2 Å². The maximum absolute atomic E-state index is 10.9. The molecule has 0 unspecified atom stereocenters. The fraction of sp³-hybridized carbons (Fsp3) is 0.462. The zero-order valence-corrected chi connectivity index (χ0v) is 12.2. The largest absolute Gasteiger partial charge is 0.491 e. The molecule has 0 aliphatic heterocycles. The molecule has 0 N–H and O–H groups in total. The van der Waals surface area contributed by atoms with E-state index in [-0.39, 0.29) is 0 Å². The fourth-order valence-corrected chi connectivity index (χ4v) is 1.96. The minimum absolute atomic E-state index is 0.329. The second-order valence-corrected chi connectivity index (χ2v) is 4.57. The van der Waals surface area contributed by atoms with Gasteiger partial charge in [0.25, 0.3) is 0 Å². The Morgan fingerprint density at radius 3 is 2.63 bits per heavy atom. The van der Waals surface area contributed by atoms with Crippen LogP contribution in [0.15, 0.2) is 12.1 Å². The van der Waals surface area contributed by atoms with E-state index in [4.69, 9.17) is 37.4 Å². The molecule has 106 valence electrons. The molecule has 1 rings (SSSR count). The molecule has 0 spiro atoms. The molecule has 0 amide bonds. The van der Waals surface area contributed by atoms with Crippen LogP contribution in [0.2, 0.25) is 10.0 Å². The van der Waals surface area contributed by atoms with Crippen LogP contribution in [0.5, 0.6) is 5.75 Å². The number of rotatable bonds is 9. The van der Waals surface area contributed by atoms with Gasteiger partial charge in [0.2, 0.25) is 0 Å². The van der Waals surface area contributed by atoms with Gasteiger partial charge >= 0.3 is 0 Å². The third-order valence-corrected chi connectivity index (χ3v) is 2.77. The van der Waals surface area contributed by atoms with Gasteiger partial charge in [-0.3, -0.25) is 4.79 Å². The lowest BCUT2D eigenvalue weighted by Gasteiger charge is -2.11. The SMILES string of the molecule is COCCOCCCOc1c(Cl)cc(Cl)cc1C=O. The molecule has 0 atom stereocenters. The summed E-state index contributed by atoms with van der Waals surface area (Å²) in [6, 6.07) is 3.06. The summed E-state index contributed by atoms with van der Waals surface area (Å²) in [5.41, 5.74) is 0.345. The van der Waals surface area contributed by atoms with Crippen LogP contribution in [-0.4, -0.2) is 39.8 Å². The molecule has 1 aromatic carbocycles. The van der Waals surface area contributed by atoms with Crippen molar-refractivity contribution < 1.29 is 19.0 Å². The second kappa shape index (κ2) is 9.15. The van der Waals surface area contributed by atoms with Crippen molar-refractivity contribution in [3.05, 3.63) is 27.7 Å². The van der Waals surface area contributed by atoms with E-state index in [0.29, 0.717) is 60.5 Å². The Morgan fingerprint density at radius 2 is 1.95 bits per heavy atom. The Morgan fingerprint density at radius 1 is 1.16 bits per heavy atom. The fourth-order valence-electron chi connectivity index (χ4n) is 1.40. The molecule has 0 aliphatic carbocycles. The van der Waals surface area contributed by atoms with Gasteiger partial charge in [-0.2, -0.15) is 0 Å². The second-order valence-electron chi connectivity index (χ2n) is 3.73. The normalized spacial score (nSPS) is 10.5. The monoisotopic (exact) mass is 306 g/mol. The van der Waals surface area contributed by atoms with Crippen LogP contribution in [-0.2, 0) is 9.47 Å². The van der Waals surface area contributed by atoms with E-state index in [1.807, 2.05) is 0 Å². The predicted octanol–water partition coefficient (Wildman–Crippen LogP) is 3.24. The van der Waals surface area contributed by atoms with E-state index in [0.717, 1.165) is 0 Å². The average molecular weight is 307 g/mol. The lowest BCUT2D eigenvalue weighted by molar-refractivity contribution is 0.0644. The van der Waals surface area contributed by atoms with E-state index in [2.05, 4.69) is 0 Å². The van der Waals surface area contributed by atoms with Crippen LogP contribution in [0.25, 0.3) is 0 Å². The van der Waals surface area contributed by atoms with E-state index in [9.17, 15) is 4.79 Å². The zero-order valence-electron chi connectivity index (χ0n) is 10.7. The van der Waals surface area contributed by atoms with E-state index < -0.39 is 0 Å². The van der Waals surface area contributed by atoms with Gasteiger partial charge in [-0.05, 0) is 12.1 Å². The van der Waals surface area contributed by atoms with Crippen molar-refractivity contribution in [1.29, 1.82) is 0 Å². The number of benzene rings is 1. The first-order chi connectivity index (χ1) is 9.19. The smallest absolute Gasteiger partial charge is 0.153 e. The van der Waals surface area contributed by atoms with Crippen LogP contribution in [0.3, 0.4) is 0 Å². The highest BCUT2D eigenvalue weighted by molar-refractivity contribution is 6.36. The lowest BCUT2D eigenvalue weighted by Crippen LogP contribution is -2.07. The van der Waals surface area contributed by atoms with Gasteiger partial charge in [-0.15, -0.1) is 0 Å².